The molecule has 4 nitrogen and oxygen atoms in total. The minimum atomic E-state index is -0.0602. The van der Waals surface area contributed by atoms with Gasteiger partial charge in [-0.15, -0.1) is 0 Å². The smallest absolute Gasteiger partial charge is 0.308 e. The highest BCUT2D eigenvalue weighted by Gasteiger charge is 2.52. The minimum absolute atomic E-state index is 0.0471. The van der Waals surface area contributed by atoms with Crippen molar-refractivity contribution in [1.29, 1.82) is 0 Å². The summed E-state index contributed by atoms with van der Waals surface area (Å²) in [4.78, 5) is 25.1. The van der Waals surface area contributed by atoms with Crippen LogP contribution in [-0.4, -0.2) is 17.0 Å². The first-order valence-corrected chi connectivity index (χ1v) is 9.39. The number of nitrogens with zero attached hydrogens (tertiary/aromatic N) is 1. The number of thiazole rings is 1. The number of carbonyl (C=O) groups is 1. The number of aromatic nitrogens is 1. The molecule has 0 saturated heterocycles. The summed E-state index contributed by atoms with van der Waals surface area (Å²) in [6, 6.07) is 8.70. The number of aryl methyl sites for hydroxylation is 2. The Balaban J connectivity index is 1.37. The van der Waals surface area contributed by atoms with E-state index in [1.807, 2.05) is 13.8 Å². The van der Waals surface area contributed by atoms with Crippen LogP contribution >= 0.6 is 11.3 Å². The molecule has 2 aliphatic carbocycles. The van der Waals surface area contributed by atoms with E-state index in [1.54, 1.807) is 4.57 Å². The number of amides is 1. The maximum absolute atomic E-state index is 12.2. The van der Waals surface area contributed by atoms with Crippen molar-refractivity contribution in [2.75, 3.05) is 6.54 Å². The molecule has 126 valence electrons. The lowest BCUT2D eigenvalue weighted by molar-refractivity contribution is -0.121. The van der Waals surface area contributed by atoms with Gasteiger partial charge in [-0.1, -0.05) is 35.6 Å². The van der Waals surface area contributed by atoms with Gasteiger partial charge in [-0.25, -0.2) is 0 Å². The van der Waals surface area contributed by atoms with Crippen molar-refractivity contribution in [2.24, 2.45) is 11.8 Å². The first kappa shape index (κ1) is 15.6. The molecule has 1 aromatic heterocycles. The molecule has 1 saturated carbocycles. The van der Waals surface area contributed by atoms with Crippen LogP contribution in [0, 0.1) is 25.7 Å². The van der Waals surface area contributed by atoms with Crippen molar-refractivity contribution in [1.82, 2.24) is 9.88 Å². The van der Waals surface area contributed by atoms with E-state index in [9.17, 15) is 9.59 Å². The van der Waals surface area contributed by atoms with Gasteiger partial charge < -0.3 is 5.32 Å². The fraction of sp³-hybridized carbons (Fsp3) is 0.474. The van der Waals surface area contributed by atoms with Gasteiger partial charge >= 0.3 is 4.87 Å². The molecule has 4 rings (SSSR count). The molecule has 1 amide bonds. The Labute approximate surface area is 145 Å². The molecule has 0 bridgehead atoms. The number of hydrogen-bond donors (Lipinski definition) is 1. The van der Waals surface area contributed by atoms with Crippen LogP contribution in [-0.2, 0) is 17.8 Å². The summed E-state index contributed by atoms with van der Waals surface area (Å²) in [5.41, 5.74) is 3.85. The van der Waals surface area contributed by atoms with Gasteiger partial charge in [0.2, 0.25) is 5.91 Å². The van der Waals surface area contributed by atoms with Crippen LogP contribution in [0.4, 0.5) is 0 Å². The number of fused-ring (bicyclic) bond motifs is 3. The zero-order chi connectivity index (χ0) is 16.8. The molecule has 0 spiro atoms. The van der Waals surface area contributed by atoms with Gasteiger partial charge in [-0.3, -0.25) is 14.2 Å². The van der Waals surface area contributed by atoms with Crippen molar-refractivity contribution in [3.05, 3.63) is 55.6 Å². The van der Waals surface area contributed by atoms with Crippen molar-refractivity contribution in [3.8, 4) is 0 Å². The summed E-state index contributed by atoms with van der Waals surface area (Å²) >= 11 is 1.21. The Morgan fingerprint density at radius 2 is 2.12 bits per heavy atom. The molecule has 1 heterocycles. The Kier molecular flexibility index (Phi) is 3.83. The molecule has 0 aliphatic heterocycles. The molecule has 3 atom stereocenters. The number of rotatable bonds is 4. The van der Waals surface area contributed by atoms with E-state index in [2.05, 4.69) is 29.6 Å². The Morgan fingerprint density at radius 3 is 2.88 bits per heavy atom. The average molecular weight is 342 g/mol. The van der Waals surface area contributed by atoms with E-state index in [0.717, 1.165) is 23.5 Å². The summed E-state index contributed by atoms with van der Waals surface area (Å²) in [6.07, 6.45) is 2.38. The van der Waals surface area contributed by atoms with Crippen LogP contribution in [0.5, 0.6) is 0 Å². The van der Waals surface area contributed by atoms with Gasteiger partial charge in [0.1, 0.15) is 6.54 Å². The van der Waals surface area contributed by atoms with Crippen LogP contribution in [0.2, 0.25) is 0 Å². The highest BCUT2D eigenvalue weighted by Crippen LogP contribution is 2.59. The Morgan fingerprint density at radius 1 is 1.33 bits per heavy atom. The standard InChI is InChI=1S/C19H22N2O2S/c1-11-12(2)24-19(23)21(11)10-17(22)20-9-16-15-8-7-13-5-3-4-6-14(13)18(15)16/h3-6,15-16,18H,7-10H2,1-2H3,(H,20,22)/t15-,16-,18-/m1/s1. The van der Waals surface area contributed by atoms with Gasteiger partial charge in [0, 0.05) is 17.1 Å². The number of benzene rings is 1. The lowest BCUT2D eigenvalue weighted by atomic mass is 9.92. The molecule has 1 fully saturated rings. The highest BCUT2D eigenvalue weighted by molar-refractivity contribution is 7.09. The Hall–Kier alpha value is -1.88. The van der Waals surface area contributed by atoms with E-state index in [0.29, 0.717) is 17.8 Å². The van der Waals surface area contributed by atoms with Crippen molar-refractivity contribution in [3.63, 3.8) is 0 Å². The average Bonchev–Trinajstić information content (AvgIpc) is 3.25. The zero-order valence-electron chi connectivity index (χ0n) is 14.0. The molecule has 0 unspecified atom stereocenters. The van der Waals surface area contributed by atoms with Gasteiger partial charge in [0.05, 0.1) is 0 Å². The monoisotopic (exact) mass is 342 g/mol. The fourth-order valence-electron chi connectivity index (χ4n) is 4.19. The first-order chi connectivity index (χ1) is 11.6. The third-order valence-corrected chi connectivity index (χ3v) is 6.70. The molecule has 1 N–H and O–H groups in total. The van der Waals surface area contributed by atoms with Crippen LogP contribution < -0.4 is 10.2 Å². The number of hydrogen-bond acceptors (Lipinski definition) is 3. The van der Waals surface area contributed by atoms with Gasteiger partial charge in [0.25, 0.3) is 0 Å². The van der Waals surface area contributed by atoms with Crippen LogP contribution in [0.3, 0.4) is 0 Å². The van der Waals surface area contributed by atoms with Gasteiger partial charge in [-0.05, 0) is 55.6 Å². The van der Waals surface area contributed by atoms with Gasteiger partial charge in [-0.2, -0.15) is 0 Å². The lowest BCUT2D eigenvalue weighted by Gasteiger charge is -2.13. The van der Waals surface area contributed by atoms with E-state index in [4.69, 9.17) is 0 Å². The van der Waals surface area contributed by atoms with Crippen molar-refractivity contribution >= 4 is 17.2 Å². The predicted octanol–water partition coefficient (Wildman–Crippen LogP) is 2.62. The van der Waals surface area contributed by atoms with Crippen LogP contribution in [0.25, 0.3) is 0 Å². The van der Waals surface area contributed by atoms with Crippen molar-refractivity contribution < 1.29 is 4.79 Å². The molecule has 24 heavy (non-hydrogen) atoms. The SMILES string of the molecule is Cc1sc(=O)n(CC(=O)NC[C@@H]2[C@H]3CCc4ccccc4[C@H]32)c1C. The van der Waals surface area contributed by atoms with Crippen molar-refractivity contribution in [2.45, 2.75) is 39.2 Å². The molecule has 0 radical (unpaired) electrons. The second-order valence-electron chi connectivity index (χ2n) is 6.99. The van der Waals surface area contributed by atoms with E-state index < -0.39 is 0 Å². The third-order valence-electron chi connectivity index (χ3n) is 5.70. The fourth-order valence-corrected chi connectivity index (χ4v) is 5.02. The largest absolute Gasteiger partial charge is 0.354 e. The summed E-state index contributed by atoms with van der Waals surface area (Å²) in [7, 11) is 0. The van der Waals surface area contributed by atoms with E-state index >= 15 is 0 Å². The summed E-state index contributed by atoms with van der Waals surface area (Å²) in [5.74, 6) is 1.82. The zero-order valence-corrected chi connectivity index (χ0v) is 14.9. The van der Waals surface area contributed by atoms with E-state index in [-0.39, 0.29) is 17.3 Å². The van der Waals surface area contributed by atoms with Crippen LogP contribution in [0.15, 0.2) is 29.1 Å². The molecule has 1 aromatic carbocycles. The molecule has 5 heteroatoms. The molecule has 2 aromatic rings. The maximum atomic E-state index is 12.2. The molecular formula is C19H22N2O2S. The second-order valence-corrected chi connectivity index (χ2v) is 8.16. The van der Waals surface area contributed by atoms with Gasteiger partial charge in [0.15, 0.2) is 0 Å². The summed E-state index contributed by atoms with van der Waals surface area (Å²) < 4.78 is 1.57. The summed E-state index contributed by atoms with van der Waals surface area (Å²) in [6.45, 7) is 4.67. The van der Waals surface area contributed by atoms with E-state index in [1.165, 1.54) is 28.9 Å². The normalized spacial score (nSPS) is 24.2. The van der Waals surface area contributed by atoms with Crippen LogP contribution in [0.1, 0.15) is 34.0 Å². The molecular weight excluding hydrogens is 320 g/mol. The summed E-state index contributed by atoms with van der Waals surface area (Å²) in [5, 5.41) is 3.05. The highest BCUT2D eigenvalue weighted by atomic mass is 32.1. The molecule has 2 aliphatic rings. The maximum Gasteiger partial charge on any atom is 0.308 e. The number of nitrogens with one attached hydrogen (secondary N) is 1. The first-order valence-electron chi connectivity index (χ1n) is 8.57. The topological polar surface area (TPSA) is 51.1 Å². The third kappa shape index (κ3) is 2.61. The second kappa shape index (κ2) is 5.88. The lowest BCUT2D eigenvalue weighted by Crippen LogP contribution is -2.32. The predicted molar refractivity (Wildman–Crippen MR) is 95.5 cm³/mol. The minimum Gasteiger partial charge on any atom is -0.354 e. The quantitative estimate of drug-likeness (QED) is 0.929. The number of carbonyl (C=O) groups excluding carboxylic acids is 1. The Bertz CT molecular complexity index is 851.